The van der Waals surface area contributed by atoms with Crippen molar-refractivity contribution < 1.29 is 23.7 Å². The smallest absolute Gasteiger partial charge is 0.203 e. The summed E-state index contributed by atoms with van der Waals surface area (Å²) in [6.07, 6.45) is 4.71. The first-order valence-corrected chi connectivity index (χ1v) is 8.50. The summed E-state index contributed by atoms with van der Waals surface area (Å²) in [7, 11) is 4.85. The minimum absolute atomic E-state index is 0.482. The monoisotopic (exact) mass is 358 g/mol. The van der Waals surface area contributed by atoms with Crippen LogP contribution in [0.2, 0.25) is 0 Å². The first kappa shape index (κ1) is 19.5. The Labute approximate surface area is 155 Å². The van der Waals surface area contributed by atoms with E-state index in [-0.39, 0.29) is 0 Å². The number of rotatable bonds is 10. The van der Waals surface area contributed by atoms with Gasteiger partial charge in [0.2, 0.25) is 5.75 Å². The molecule has 0 aliphatic carbocycles. The Bertz CT molecular complexity index is 702. The molecular formula is C21H26O5. The first-order valence-electron chi connectivity index (χ1n) is 8.50. The summed E-state index contributed by atoms with van der Waals surface area (Å²) in [6.45, 7) is 2.97. The summed E-state index contributed by atoms with van der Waals surface area (Å²) in [5, 5.41) is 0. The van der Waals surface area contributed by atoms with Crippen LogP contribution in [0, 0.1) is 0 Å². The lowest BCUT2D eigenvalue weighted by molar-refractivity contribution is 0.228. The van der Waals surface area contributed by atoms with Crippen molar-refractivity contribution in [2.75, 3.05) is 34.5 Å². The van der Waals surface area contributed by atoms with E-state index in [9.17, 15) is 0 Å². The van der Waals surface area contributed by atoms with Crippen molar-refractivity contribution in [1.29, 1.82) is 0 Å². The fraction of sp³-hybridized carbons (Fsp3) is 0.333. The van der Waals surface area contributed by atoms with Crippen LogP contribution in [0.5, 0.6) is 28.7 Å². The molecule has 5 heteroatoms. The highest BCUT2D eigenvalue weighted by molar-refractivity contribution is 5.55. The zero-order valence-corrected chi connectivity index (χ0v) is 15.8. The molecule has 0 atom stereocenters. The van der Waals surface area contributed by atoms with Gasteiger partial charge >= 0.3 is 0 Å². The molecule has 0 radical (unpaired) electrons. The molecule has 5 nitrogen and oxygen atoms in total. The normalized spacial score (nSPS) is 10.6. The molecule has 0 saturated heterocycles. The summed E-state index contributed by atoms with van der Waals surface area (Å²) in [5.41, 5.74) is 1.07. The van der Waals surface area contributed by atoms with Gasteiger partial charge in [0.25, 0.3) is 0 Å². The second-order valence-corrected chi connectivity index (χ2v) is 5.45. The Morgan fingerprint density at radius 3 is 2.04 bits per heavy atom. The second kappa shape index (κ2) is 10.2. The van der Waals surface area contributed by atoms with Gasteiger partial charge in [0.1, 0.15) is 0 Å². The van der Waals surface area contributed by atoms with Crippen molar-refractivity contribution in [2.45, 2.75) is 13.3 Å². The van der Waals surface area contributed by atoms with Crippen LogP contribution in [0.4, 0.5) is 0 Å². The van der Waals surface area contributed by atoms with Crippen LogP contribution in [0.3, 0.4) is 0 Å². The number of benzene rings is 2. The maximum Gasteiger partial charge on any atom is 0.203 e. The van der Waals surface area contributed by atoms with Crippen LogP contribution in [0.25, 0.3) is 6.08 Å². The number of allylic oxidation sites excluding steroid dienone is 1. The van der Waals surface area contributed by atoms with Gasteiger partial charge in [0, 0.05) is 6.42 Å². The molecule has 0 aliphatic rings. The Morgan fingerprint density at radius 1 is 0.769 bits per heavy atom. The summed E-state index contributed by atoms with van der Waals surface area (Å²) < 4.78 is 27.7. The van der Waals surface area contributed by atoms with Gasteiger partial charge in [0.15, 0.2) is 23.0 Å². The van der Waals surface area contributed by atoms with Crippen molar-refractivity contribution in [3.8, 4) is 28.7 Å². The topological polar surface area (TPSA) is 46.2 Å². The van der Waals surface area contributed by atoms with Gasteiger partial charge in [-0.25, -0.2) is 0 Å². The molecule has 2 aromatic carbocycles. The average molecular weight is 358 g/mol. The van der Waals surface area contributed by atoms with Crippen molar-refractivity contribution in [2.24, 2.45) is 0 Å². The highest BCUT2D eigenvalue weighted by Gasteiger charge is 2.11. The van der Waals surface area contributed by atoms with Crippen molar-refractivity contribution >= 4 is 6.08 Å². The predicted molar refractivity (Wildman–Crippen MR) is 103 cm³/mol. The lowest BCUT2D eigenvalue weighted by atomic mass is 10.2. The molecule has 0 N–H and O–H groups in total. The molecule has 0 spiro atoms. The molecule has 2 rings (SSSR count). The maximum absolute atomic E-state index is 5.83. The van der Waals surface area contributed by atoms with Crippen molar-refractivity contribution in [1.82, 2.24) is 0 Å². The van der Waals surface area contributed by atoms with E-state index in [4.69, 9.17) is 23.7 Å². The molecule has 0 fully saturated rings. The maximum atomic E-state index is 5.83. The minimum Gasteiger partial charge on any atom is -0.493 e. The summed E-state index contributed by atoms with van der Waals surface area (Å²) in [4.78, 5) is 0. The highest BCUT2D eigenvalue weighted by atomic mass is 16.5. The van der Waals surface area contributed by atoms with Gasteiger partial charge < -0.3 is 23.7 Å². The second-order valence-electron chi connectivity index (χ2n) is 5.45. The summed E-state index contributed by atoms with van der Waals surface area (Å²) in [5.74, 6) is 3.33. The zero-order valence-electron chi connectivity index (χ0n) is 15.8. The van der Waals surface area contributed by atoms with E-state index < -0.39 is 0 Å². The Morgan fingerprint density at radius 2 is 1.42 bits per heavy atom. The lowest BCUT2D eigenvalue weighted by Gasteiger charge is -2.15. The molecule has 0 unspecified atom stereocenters. The summed E-state index contributed by atoms with van der Waals surface area (Å²) >= 11 is 0. The standard InChI is InChI=1S/C21H26O5/c1-5-8-16-11-12-17(20(15-16)24-4)25-13-7-14-26-21-18(22-2)9-6-10-19(21)23-3/h5-6,8-12,15H,7,13-14H2,1-4H3/b8-5+. The fourth-order valence-electron chi connectivity index (χ4n) is 2.47. The quantitative estimate of drug-likeness (QED) is 0.581. The fourth-order valence-corrected chi connectivity index (χ4v) is 2.47. The van der Waals surface area contributed by atoms with Crippen molar-refractivity contribution in [3.05, 3.63) is 48.0 Å². The molecular weight excluding hydrogens is 332 g/mol. The van der Waals surface area contributed by atoms with Gasteiger partial charge in [-0.3, -0.25) is 0 Å². The zero-order chi connectivity index (χ0) is 18.8. The average Bonchev–Trinajstić information content (AvgIpc) is 2.68. The van der Waals surface area contributed by atoms with E-state index in [1.807, 2.05) is 55.5 Å². The van der Waals surface area contributed by atoms with E-state index in [0.717, 1.165) is 11.3 Å². The first-order chi connectivity index (χ1) is 12.7. The SMILES string of the molecule is C/C=C/c1ccc(OCCCOc2c(OC)cccc2OC)c(OC)c1. The van der Waals surface area contributed by atoms with Crippen molar-refractivity contribution in [3.63, 3.8) is 0 Å². The van der Waals surface area contributed by atoms with Gasteiger partial charge in [0.05, 0.1) is 34.5 Å². The molecule has 0 aromatic heterocycles. The molecule has 26 heavy (non-hydrogen) atoms. The van der Waals surface area contributed by atoms with Crippen LogP contribution >= 0.6 is 0 Å². The molecule has 140 valence electrons. The Kier molecular flexibility index (Phi) is 7.68. The van der Waals surface area contributed by atoms with Crippen LogP contribution in [-0.2, 0) is 0 Å². The molecule has 0 aliphatic heterocycles. The number of methoxy groups -OCH3 is 3. The summed E-state index contributed by atoms with van der Waals surface area (Å²) in [6, 6.07) is 11.4. The molecule has 2 aromatic rings. The van der Waals surface area contributed by atoms with Crippen LogP contribution in [0.1, 0.15) is 18.9 Å². The highest BCUT2D eigenvalue weighted by Crippen LogP contribution is 2.36. The third-order valence-corrected chi connectivity index (χ3v) is 3.72. The van der Waals surface area contributed by atoms with Gasteiger partial charge in [-0.2, -0.15) is 0 Å². The van der Waals surface area contributed by atoms with E-state index in [2.05, 4.69) is 0 Å². The van der Waals surface area contributed by atoms with E-state index in [1.54, 1.807) is 21.3 Å². The number of hydrogen-bond donors (Lipinski definition) is 0. The minimum atomic E-state index is 0.482. The van der Waals surface area contributed by atoms with Gasteiger partial charge in [-0.15, -0.1) is 0 Å². The predicted octanol–water partition coefficient (Wildman–Crippen LogP) is 4.59. The van der Waals surface area contributed by atoms with E-state index >= 15 is 0 Å². The Balaban J connectivity index is 1.88. The third-order valence-electron chi connectivity index (χ3n) is 3.72. The largest absolute Gasteiger partial charge is 0.493 e. The third kappa shape index (κ3) is 5.09. The molecule has 0 heterocycles. The Hall–Kier alpha value is -2.82. The van der Waals surface area contributed by atoms with E-state index in [1.165, 1.54) is 0 Å². The molecule has 0 amide bonds. The van der Waals surface area contributed by atoms with Crippen LogP contribution < -0.4 is 23.7 Å². The van der Waals surface area contributed by atoms with Gasteiger partial charge in [-0.1, -0.05) is 24.3 Å². The lowest BCUT2D eigenvalue weighted by Crippen LogP contribution is -2.07. The van der Waals surface area contributed by atoms with E-state index in [0.29, 0.717) is 42.6 Å². The number of para-hydroxylation sites is 1. The number of ether oxygens (including phenoxy) is 5. The van der Waals surface area contributed by atoms with Gasteiger partial charge in [-0.05, 0) is 36.8 Å². The van der Waals surface area contributed by atoms with Crippen LogP contribution in [-0.4, -0.2) is 34.5 Å². The molecule has 0 saturated carbocycles. The van der Waals surface area contributed by atoms with Crippen LogP contribution in [0.15, 0.2) is 42.5 Å². The number of hydrogen-bond acceptors (Lipinski definition) is 5. The molecule has 0 bridgehead atoms.